The Labute approximate surface area is 125 Å². The van der Waals surface area contributed by atoms with Crippen LogP contribution in [0.2, 0.25) is 0 Å². The third-order valence-corrected chi connectivity index (χ3v) is 3.46. The van der Waals surface area contributed by atoms with Crippen molar-refractivity contribution in [1.82, 2.24) is 0 Å². The minimum atomic E-state index is -0.137. The van der Waals surface area contributed by atoms with Gasteiger partial charge in [0.1, 0.15) is 0 Å². The first-order valence-electron chi connectivity index (χ1n) is 7.44. The van der Waals surface area contributed by atoms with Gasteiger partial charge in [0.2, 0.25) is 0 Å². The van der Waals surface area contributed by atoms with Crippen molar-refractivity contribution in [2.45, 2.75) is 51.0 Å². The summed E-state index contributed by atoms with van der Waals surface area (Å²) < 4.78 is 4.60. The van der Waals surface area contributed by atoms with Crippen molar-refractivity contribution in [2.24, 2.45) is 5.11 Å². The van der Waals surface area contributed by atoms with Gasteiger partial charge in [-0.25, -0.2) is 0 Å². The number of carbonyl (C=O) groups is 1. The number of hydrogen-bond acceptors (Lipinski definition) is 3. The van der Waals surface area contributed by atoms with E-state index >= 15 is 0 Å². The highest BCUT2D eigenvalue weighted by atomic mass is 16.5. The van der Waals surface area contributed by atoms with Crippen molar-refractivity contribution >= 4 is 5.97 Å². The van der Waals surface area contributed by atoms with Crippen LogP contribution >= 0.6 is 0 Å². The Morgan fingerprint density at radius 3 is 2.52 bits per heavy atom. The van der Waals surface area contributed by atoms with E-state index in [0.29, 0.717) is 6.42 Å². The normalized spacial score (nSPS) is 11.5. The molecule has 1 aromatic rings. The highest BCUT2D eigenvalue weighted by molar-refractivity contribution is 5.68. The van der Waals surface area contributed by atoms with Crippen LogP contribution in [0.5, 0.6) is 0 Å². The van der Waals surface area contributed by atoms with Gasteiger partial charge in [0, 0.05) is 11.3 Å². The number of methoxy groups -OCH3 is 1. The molecule has 1 aromatic carbocycles. The zero-order valence-electron chi connectivity index (χ0n) is 12.6. The molecule has 114 valence electrons. The van der Waals surface area contributed by atoms with E-state index in [1.165, 1.54) is 7.11 Å². The smallest absolute Gasteiger partial charge is 0.305 e. The monoisotopic (exact) mass is 289 g/mol. The van der Waals surface area contributed by atoms with Gasteiger partial charge in [0.05, 0.1) is 13.2 Å². The Hall–Kier alpha value is -2.00. The van der Waals surface area contributed by atoms with Crippen LogP contribution in [0.15, 0.2) is 35.4 Å². The van der Waals surface area contributed by atoms with E-state index in [1.54, 1.807) is 0 Å². The fourth-order valence-corrected chi connectivity index (χ4v) is 2.27. The molecule has 0 heterocycles. The van der Waals surface area contributed by atoms with Crippen LogP contribution in [-0.4, -0.2) is 13.1 Å². The van der Waals surface area contributed by atoms with Crippen molar-refractivity contribution in [3.8, 4) is 0 Å². The molecule has 0 saturated heterocycles. The highest BCUT2D eigenvalue weighted by Gasteiger charge is 2.08. The number of hydrogen-bond donors (Lipinski definition) is 0. The molecule has 0 radical (unpaired) electrons. The van der Waals surface area contributed by atoms with E-state index in [1.807, 2.05) is 30.3 Å². The first kappa shape index (κ1) is 17.1. The molecule has 1 unspecified atom stereocenters. The number of esters is 1. The molecule has 21 heavy (non-hydrogen) atoms. The Bertz CT molecular complexity index is 456. The number of carbonyl (C=O) groups excluding carboxylic acids is 1. The van der Waals surface area contributed by atoms with E-state index in [0.717, 1.165) is 44.1 Å². The second-order valence-electron chi connectivity index (χ2n) is 5.01. The number of azide groups is 1. The zero-order valence-corrected chi connectivity index (χ0v) is 12.6. The van der Waals surface area contributed by atoms with E-state index in [2.05, 4.69) is 14.8 Å². The molecule has 0 bridgehead atoms. The lowest BCUT2D eigenvalue weighted by Crippen LogP contribution is -1.99. The summed E-state index contributed by atoms with van der Waals surface area (Å²) in [6.07, 6.45) is 6.49. The van der Waals surface area contributed by atoms with Crippen LogP contribution in [0.4, 0.5) is 0 Å². The van der Waals surface area contributed by atoms with Crippen LogP contribution in [0, 0.1) is 0 Å². The molecule has 0 aliphatic heterocycles. The summed E-state index contributed by atoms with van der Waals surface area (Å²) >= 11 is 0. The summed E-state index contributed by atoms with van der Waals surface area (Å²) in [6.45, 7) is 0. The SMILES string of the molecule is COC(=O)CCCCCCCC(N=[N+]=[N-])c1ccccc1. The maximum Gasteiger partial charge on any atom is 0.305 e. The van der Waals surface area contributed by atoms with Gasteiger partial charge in [-0.3, -0.25) is 4.79 Å². The standard InChI is InChI=1S/C16H23N3O2/c1-21-16(20)13-9-4-2-3-8-12-15(18-19-17)14-10-6-5-7-11-14/h5-7,10-11,15H,2-4,8-9,12-13H2,1H3. The van der Waals surface area contributed by atoms with E-state index < -0.39 is 0 Å². The summed E-state index contributed by atoms with van der Waals surface area (Å²) in [5.41, 5.74) is 9.73. The van der Waals surface area contributed by atoms with Crippen LogP contribution in [0.3, 0.4) is 0 Å². The topological polar surface area (TPSA) is 75.1 Å². The third kappa shape index (κ3) is 7.37. The molecule has 0 aromatic heterocycles. The van der Waals surface area contributed by atoms with Crippen molar-refractivity contribution in [2.75, 3.05) is 7.11 Å². The molecule has 5 heteroatoms. The second-order valence-corrected chi connectivity index (χ2v) is 5.01. The summed E-state index contributed by atoms with van der Waals surface area (Å²) in [7, 11) is 1.42. The Morgan fingerprint density at radius 1 is 1.19 bits per heavy atom. The number of nitrogens with zero attached hydrogens (tertiary/aromatic N) is 3. The number of benzene rings is 1. The van der Waals surface area contributed by atoms with E-state index in [-0.39, 0.29) is 12.0 Å². The van der Waals surface area contributed by atoms with Gasteiger partial charge in [-0.1, -0.05) is 61.1 Å². The van der Waals surface area contributed by atoms with Gasteiger partial charge in [0.15, 0.2) is 0 Å². The van der Waals surface area contributed by atoms with E-state index in [9.17, 15) is 4.79 Å². The largest absolute Gasteiger partial charge is 0.469 e. The first-order valence-corrected chi connectivity index (χ1v) is 7.44. The van der Waals surface area contributed by atoms with Gasteiger partial charge in [-0.15, -0.1) is 0 Å². The molecular weight excluding hydrogens is 266 g/mol. The minimum absolute atomic E-state index is 0.0775. The van der Waals surface area contributed by atoms with Crippen molar-refractivity contribution in [1.29, 1.82) is 0 Å². The maximum atomic E-state index is 11.0. The average molecular weight is 289 g/mol. The van der Waals surface area contributed by atoms with Gasteiger partial charge in [-0.2, -0.15) is 0 Å². The molecule has 0 fully saturated rings. The van der Waals surface area contributed by atoms with Crippen LogP contribution in [0.1, 0.15) is 56.6 Å². The Morgan fingerprint density at radius 2 is 1.86 bits per heavy atom. The van der Waals surface area contributed by atoms with Crippen molar-refractivity contribution < 1.29 is 9.53 Å². The first-order chi connectivity index (χ1) is 10.3. The zero-order chi connectivity index (χ0) is 15.3. The third-order valence-electron chi connectivity index (χ3n) is 3.46. The van der Waals surface area contributed by atoms with Crippen LogP contribution < -0.4 is 0 Å². The predicted molar refractivity (Wildman–Crippen MR) is 82.7 cm³/mol. The molecule has 0 saturated carbocycles. The molecule has 0 aliphatic carbocycles. The lowest BCUT2D eigenvalue weighted by Gasteiger charge is -2.11. The summed E-state index contributed by atoms with van der Waals surface area (Å²) in [6, 6.07) is 9.79. The van der Waals surface area contributed by atoms with Gasteiger partial charge >= 0.3 is 5.97 Å². The lowest BCUT2D eigenvalue weighted by atomic mass is 10.0. The number of ether oxygens (including phenoxy) is 1. The molecule has 0 spiro atoms. The summed E-state index contributed by atoms with van der Waals surface area (Å²) in [5.74, 6) is -0.137. The lowest BCUT2D eigenvalue weighted by molar-refractivity contribution is -0.140. The summed E-state index contributed by atoms with van der Waals surface area (Å²) in [5, 5.41) is 3.88. The molecule has 1 rings (SSSR count). The van der Waals surface area contributed by atoms with E-state index in [4.69, 9.17) is 5.53 Å². The average Bonchev–Trinajstić information content (AvgIpc) is 2.53. The van der Waals surface area contributed by atoms with Gasteiger partial charge < -0.3 is 4.74 Å². The van der Waals surface area contributed by atoms with Gasteiger partial charge in [-0.05, 0) is 23.9 Å². The molecule has 0 amide bonds. The van der Waals surface area contributed by atoms with Crippen molar-refractivity contribution in [3.05, 3.63) is 46.3 Å². The number of unbranched alkanes of at least 4 members (excludes halogenated alkanes) is 4. The second kappa shape index (κ2) is 10.7. The Balaban J connectivity index is 2.20. The quantitative estimate of drug-likeness (QED) is 0.201. The molecular formula is C16H23N3O2. The predicted octanol–water partition coefficient (Wildman–Crippen LogP) is 4.94. The number of rotatable bonds is 10. The molecule has 0 aliphatic rings. The van der Waals surface area contributed by atoms with Crippen LogP contribution in [-0.2, 0) is 9.53 Å². The van der Waals surface area contributed by atoms with Gasteiger partial charge in [0.25, 0.3) is 0 Å². The fraction of sp³-hybridized carbons (Fsp3) is 0.562. The Kier molecular flexibility index (Phi) is 8.73. The highest BCUT2D eigenvalue weighted by Crippen LogP contribution is 2.24. The molecule has 1 atom stereocenters. The fourth-order valence-electron chi connectivity index (χ4n) is 2.27. The minimum Gasteiger partial charge on any atom is -0.469 e. The summed E-state index contributed by atoms with van der Waals surface area (Å²) in [4.78, 5) is 13.9. The maximum absolute atomic E-state index is 11.0. The van der Waals surface area contributed by atoms with Crippen LogP contribution in [0.25, 0.3) is 10.4 Å². The van der Waals surface area contributed by atoms with Crippen molar-refractivity contribution in [3.63, 3.8) is 0 Å². The molecule has 5 nitrogen and oxygen atoms in total. The molecule has 0 N–H and O–H groups in total.